The van der Waals surface area contributed by atoms with Crippen LogP contribution in [0, 0.1) is 0 Å². The summed E-state index contributed by atoms with van der Waals surface area (Å²) >= 11 is 0. The second-order valence-electron chi connectivity index (χ2n) is 5.08. The molecule has 1 rings (SSSR count). The number of benzene rings is 1. The van der Waals surface area contributed by atoms with Gasteiger partial charge in [0.05, 0.1) is 6.61 Å². The number of ether oxygens (including phenoxy) is 1. The topological polar surface area (TPSA) is 64.6 Å². The minimum atomic E-state index is -4.58. The van der Waals surface area contributed by atoms with Gasteiger partial charge in [-0.2, -0.15) is 5.48 Å². The molecule has 1 aromatic rings. The third kappa shape index (κ3) is 9.83. The van der Waals surface area contributed by atoms with Crippen LogP contribution in [0.5, 0.6) is 0 Å². The summed E-state index contributed by atoms with van der Waals surface area (Å²) in [5.41, 5.74) is 2.45. The lowest BCUT2D eigenvalue weighted by atomic mass is 10.1. The van der Waals surface area contributed by atoms with Gasteiger partial charge in [-0.1, -0.05) is 37.5 Å². The molecule has 24 heavy (non-hydrogen) atoms. The summed E-state index contributed by atoms with van der Waals surface area (Å²) in [6.07, 6.45) is -1.60. The van der Waals surface area contributed by atoms with Crippen molar-refractivity contribution in [3.8, 4) is 0 Å². The van der Waals surface area contributed by atoms with Crippen molar-refractivity contribution < 1.29 is 32.3 Å². The average molecular weight is 347 g/mol. The summed E-state index contributed by atoms with van der Waals surface area (Å²) in [5, 5.41) is 0. The number of hydrogen-bond acceptors (Lipinski definition) is 4. The maximum absolute atomic E-state index is 11.7. The maximum atomic E-state index is 11.7. The number of amides is 1. The minimum absolute atomic E-state index is 0.133. The molecule has 0 aliphatic rings. The van der Waals surface area contributed by atoms with Crippen molar-refractivity contribution in [2.24, 2.45) is 0 Å². The molecule has 0 aliphatic carbocycles. The number of hydrogen-bond donors (Lipinski definition) is 1. The Morgan fingerprint density at radius 1 is 0.958 bits per heavy atom. The first kappa shape index (κ1) is 20.0. The Labute approximate surface area is 138 Å². The molecule has 0 saturated carbocycles. The van der Waals surface area contributed by atoms with E-state index >= 15 is 0 Å². The lowest BCUT2D eigenvalue weighted by molar-refractivity contribution is -0.324. The highest BCUT2D eigenvalue weighted by atomic mass is 19.4. The molecule has 0 spiro atoms. The molecular weight excluding hydrogens is 327 g/mol. The fraction of sp³-hybridized carbons (Fsp3) is 0.500. The van der Waals surface area contributed by atoms with Gasteiger partial charge >= 0.3 is 12.3 Å². The first-order chi connectivity index (χ1) is 11.4. The van der Waals surface area contributed by atoms with E-state index < -0.39 is 18.2 Å². The van der Waals surface area contributed by atoms with Crippen LogP contribution in [-0.2, 0) is 14.4 Å². The van der Waals surface area contributed by atoms with Crippen molar-refractivity contribution in [1.82, 2.24) is 5.48 Å². The van der Waals surface area contributed by atoms with Crippen LogP contribution in [0.3, 0.4) is 0 Å². The maximum Gasteiger partial charge on any atom is 0.522 e. The van der Waals surface area contributed by atoms with Gasteiger partial charge in [-0.15, -0.1) is 13.2 Å². The van der Waals surface area contributed by atoms with Crippen LogP contribution >= 0.6 is 0 Å². The molecule has 8 heteroatoms. The predicted octanol–water partition coefficient (Wildman–Crippen LogP) is 3.75. The summed E-state index contributed by atoms with van der Waals surface area (Å²) in [7, 11) is 0. The molecule has 0 unspecified atom stereocenters. The van der Waals surface area contributed by atoms with Crippen LogP contribution in [-0.4, -0.2) is 24.8 Å². The van der Waals surface area contributed by atoms with Crippen molar-refractivity contribution in [2.45, 2.75) is 44.9 Å². The van der Waals surface area contributed by atoms with E-state index in [1.54, 1.807) is 30.3 Å². The number of hydroxylamine groups is 1. The van der Waals surface area contributed by atoms with E-state index in [-0.39, 0.29) is 13.0 Å². The Bertz CT molecular complexity index is 506. The SMILES string of the molecule is O=C(CCCCCCCOC(F)(F)F)ONC(=O)c1ccccc1. The zero-order valence-corrected chi connectivity index (χ0v) is 13.1. The highest BCUT2D eigenvalue weighted by Crippen LogP contribution is 2.17. The lowest BCUT2D eigenvalue weighted by Gasteiger charge is -2.07. The molecule has 1 N–H and O–H groups in total. The monoisotopic (exact) mass is 347 g/mol. The number of unbranched alkanes of at least 4 members (excludes halogenated alkanes) is 4. The Hall–Kier alpha value is -2.09. The smallest absolute Gasteiger partial charge is 0.341 e. The molecule has 0 bridgehead atoms. The number of carbonyl (C=O) groups excluding carboxylic acids is 2. The molecule has 5 nitrogen and oxygen atoms in total. The Kier molecular flexibility index (Phi) is 8.85. The number of rotatable bonds is 9. The van der Waals surface area contributed by atoms with Crippen LogP contribution in [0.25, 0.3) is 0 Å². The van der Waals surface area contributed by atoms with Gasteiger partial charge < -0.3 is 4.84 Å². The number of nitrogens with one attached hydrogen (secondary N) is 1. The molecule has 1 aromatic carbocycles. The molecule has 0 heterocycles. The van der Waals surface area contributed by atoms with Gasteiger partial charge in [0.2, 0.25) is 0 Å². The Morgan fingerprint density at radius 2 is 1.58 bits per heavy atom. The fourth-order valence-electron chi connectivity index (χ4n) is 1.89. The lowest BCUT2D eigenvalue weighted by Crippen LogP contribution is -2.26. The van der Waals surface area contributed by atoms with E-state index in [4.69, 9.17) is 0 Å². The first-order valence-corrected chi connectivity index (χ1v) is 7.64. The molecule has 0 radical (unpaired) electrons. The van der Waals surface area contributed by atoms with Gasteiger partial charge in [-0.3, -0.25) is 9.53 Å². The standard InChI is InChI=1S/C16H20F3NO4/c17-16(18,19)23-12-8-3-1-2-7-11-14(21)24-20-15(22)13-9-5-4-6-10-13/h4-6,9-10H,1-3,7-8,11-12H2,(H,20,22). The van der Waals surface area contributed by atoms with E-state index in [0.29, 0.717) is 37.7 Å². The molecule has 1 amide bonds. The van der Waals surface area contributed by atoms with Crippen molar-refractivity contribution in [1.29, 1.82) is 0 Å². The second-order valence-corrected chi connectivity index (χ2v) is 5.08. The van der Waals surface area contributed by atoms with Gasteiger partial charge in [0, 0.05) is 12.0 Å². The van der Waals surface area contributed by atoms with E-state index in [1.807, 2.05) is 0 Å². The van der Waals surface area contributed by atoms with Crippen molar-refractivity contribution in [2.75, 3.05) is 6.61 Å². The Morgan fingerprint density at radius 3 is 2.25 bits per heavy atom. The number of halogens is 3. The minimum Gasteiger partial charge on any atom is -0.341 e. The largest absolute Gasteiger partial charge is 0.522 e. The number of carbonyl (C=O) groups is 2. The summed E-state index contributed by atoms with van der Waals surface area (Å²) in [5.74, 6) is -1.06. The van der Waals surface area contributed by atoms with Crippen LogP contribution in [0.4, 0.5) is 13.2 Å². The van der Waals surface area contributed by atoms with Gasteiger partial charge in [-0.25, -0.2) is 4.79 Å². The van der Waals surface area contributed by atoms with Gasteiger partial charge in [0.1, 0.15) is 0 Å². The van der Waals surface area contributed by atoms with Gasteiger partial charge in [-0.05, 0) is 25.0 Å². The molecule has 0 aliphatic heterocycles. The van der Waals surface area contributed by atoms with E-state index in [1.165, 1.54) is 0 Å². The first-order valence-electron chi connectivity index (χ1n) is 7.64. The van der Waals surface area contributed by atoms with Crippen molar-refractivity contribution in [3.63, 3.8) is 0 Å². The number of alkyl halides is 3. The normalized spacial score (nSPS) is 11.1. The molecule has 0 fully saturated rings. The predicted molar refractivity (Wildman–Crippen MR) is 79.7 cm³/mol. The summed E-state index contributed by atoms with van der Waals surface area (Å²) in [6, 6.07) is 8.32. The molecule has 134 valence electrons. The van der Waals surface area contributed by atoms with Crippen LogP contribution in [0.1, 0.15) is 48.9 Å². The second kappa shape index (κ2) is 10.6. The van der Waals surface area contributed by atoms with E-state index in [9.17, 15) is 22.8 Å². The van der Waals surface area contributed by atoms with E-state index in [0.717, 1.165) is 0 Å². The quantitative estimate of drug-likeness (QED) is 0.546. The average Bonchev–Trinajstić information content (AvgIpc) is 2.55. The van der Waals surface area contributed by atoms with Crippen LogP contribution in [0.15, 0.2) is 30.3 Å². The van der Waals surface area contributed by atoms with Crippen LogP contribution in [0.2, 0.25) is 0 Å². The van der Waals surface area contributed by atoms with Crippen molar-refractivity contribution in [3.05, 3.63) is 35.9 Å². The summed E-state index contributed by atoms with van der Waals surface area (Å²) in [4.78, 5) is 27.7. The molecular formula is C16H20F3NO4. The zero-order valence-electron chi connectivity index (χ0n) is 13.1. The van der Waals surface area contributed by atoms with E-state index in [2.05, 4.69) is 15.1 Å². The summed E-state index contributed by atoms with van der Waals surface area (Å²) < 4.78 is 38.8. The van der Waals surface area contributed by atoms with Crippen LogP contribution < -0.4 is 5.48 Å². The van der Waals surface area contributed by atoms with Gasteiger partial charge in [0.15, 0.2) is 0 Å². The highest BCUT2D eigenvalue weighted by molar-refractivity contribution is 5.94. The third-order valence-electron chi connectivity index (χ3n) is 3.08. The van der Waals surface area contributed by atoms with Gasteiger partial charge in [0.25, 0.3) is 5.91 Å². The summed E-state index contributed by atoms with van der Waals surface area (Å²) in [6.45, 7) is -0.350. The zero-order chi connectivity index (χ0) is 17.8. The van der Waals surface area contributed by atoms with Crippen molar-refractivity contribution >= 4 is 11.9 Å². The fourth-order valence-corrected chi connectivity index (χ4v) is 1.89. The molecule has 0 aromatic heterocycles. The third-order valence-corrected chi connectivity index (χ3v) is 3.08. The Balaban J connectivity index is 2.00. The molecule has 0 saturated heterocycles. The molecule has 0 atom stereocenters. The highest BCUT2D eigenvalue weighted by Gasteiger charge is 2.28.